The molecule has 0 radical (unpaired) electrons. The molecule has 0 amide bonds. The average Bonchev–Trinajstić information content (AvgIpc) is 2.17. The van der Waals surface area contributed by atoms with Gasteiger partial charge in [0.2, 0.25) is 0 Å². The van der Waals surface area contributed by atoms with Gasteiger partial charge >= 0.3 is 5.97 Å². The highest BCUT2D eigenvalue weighted by Crippen LogP contribution is 2.20. The third-order valence-corrected chi connectivity index (χ3v) is 2.13. The summed E-state index contributed by atoms with van der Waals surface area (Å²) in [7, 11) is 0. The largest absolute Gasteiger partial charge is 0.481 e. The molecule has 0 fully saturated rings. The van der Waals surface area contributed by atoms with E-state index in [9.17, 15) is 4.79 Å². The molecule has 1 aromatic carbocycles. The number of anilines is 1. The van der Waals surface area contributed by atoms with Crippen LogP contribution in [-0.2, 0) is 4.79 Å². The van der Waals surface area contributed by atoms with Crippen LogP contribution in [0.5, 0.6) is 0 Å². The second kappa shape index (κ2) is 4.62. The van der Waals surface area contributed by atoms with Crippen molar-refractivity contribution in [2.24, 2.45) is 5.84 Å². The number of nitrogen functional groups attached to an aromatic ring is 1. The summed E-state index contributed by atoms with van der Waals surface area (Å²) in [4.78, 5) is 10.5. The zero-order chi connectivity index (χ0) is 10.6. The fourth-order valence-corrected chi connectivity index (χ4v) is 1.29. The molecule has 1 rings (SSSR count). The number of benzene rings is 1. The van der Waals surface area contributed by atoms with Crippen molar-refractivity contribution in [3.63, 3.8) is 0 Å². The number of carboxylic acids is 1. The van der Waals surface area contributed by atoms with Crippen LogP contribution in [0.3, 0.4) is 0 Å². The number of nitrogens with one attached hydrogen (secondary N) is 1. The Morgan fingerprint density at radius 2 is 2.07 bits per heavy atom. The summed E-state index contributed by atoms with van der Waals surface area (Å²) < 4.78 is 0. The second-order valence-corrected chi connectivity index (χ2v) is 3.27. The van der Waals surface area contributed by atoms with Crippen molar-refractivity contribution >= 4 is 11.7 Å². The number of hydrogen-bond acceptors (Lipinski definition) is 3. The molecule has 0 aliphatic rings. The molecule has 0 saturated heterocycles. The number of hydrogen-bond donors (Lipinski definition) is 3. The quantitative estimate of drug-likeness (QED) is 0.502. The van der Waals surface area contributed by atoms with Crippen molar-refractivity contribution in [3.05, 3.63) is 29.8 Å². The van der Waals surface area contributed by atoms with Gasteiger partial charge in [0.1, 0.15) is 0 Å². The summed E-state index contributed by atoms with van der Waals surface area (Å²) >= 11 is 0. The predicted octanol–water partition coefficient (Wildman–Crippen LogP) is 1.55. The average molecular weight is 194 g/mol. The lowest BCUT2D eigenvalue weighted by Crippen LogP contribution is -2.07. The predicted molar refractivity (Wildman–Crippen MR) is 54.9 cm³/mol. The van der Waals surface area contributed by atoms with Crippen LogP contribution in [0.15, 0.2) is 24.3 Å². The lowest BCUT2D eigenvalue weighted by atomic mass is 9.98. The zero-order valence-electron chi connectivity index (χ0n) is 8.03. The molecule has 1 unspecified atom stereocenters. The van der Waals surface area contributed by atoms with E-state index in [1.54, 1.807) is 0 Å². The maximum Gasteiger partial charge on any atom is 0.303 e. The Hall–Kier alpha value is -1.55. The first kappa shape index (κ1) is 10.5. The molecule has 76 valence electrons. The number of nitrogens with two attached hydrogens (primary N) is 1. The number of rotatable bonds is 4. The molecule has 1 atom stereocenters. The Labute approximate surface area is 82.7 Å². The highest BCUT2D eigenvalue weighted by molar-refractivity contribution is 5.68. The molecule has 0 heterocycles. The van der Waals surface area contributed by atoms with Crippen LogP contribution in [0, 0.1) is 0 Å². The maximum absolute atomic E-state index is 10.5. The summed E-state index contributed by atoms with van der Waals surface area (Å²) in [6.07, 6.45) is 0.148. The van der Waals surface area contributed by atoms with Crippen molar-refractivity contribution in [1.82, 2.24) is 0 Å². The van der Waals surface area contributed by atoms with Gasteiger partial charge < -0.3 is 10.5 Å². The van der Waals surface area contributed by atoms with E-state index >= 15 is 0 Å². The molecule has 4 nitrogen and oxygen atoms in total. The molecule has 0 aliphatic carbocycles. The van der Waals surface area contributed by atoms with Gasteiger partial charge in [-0.25, -0.2) is 0 Å². The fourth-order valence-electron chi connectivity index (χ4n) is 1.29. The molecule has 0 aliphatic heterocycles. The minimum absolute atomic E-state index is 0.0272. The lowest BCUT2D eigenvalue weighted by Gasteiger charge is -2.09. The van der Waals surface area contributed by atoms with E-state index in [2.05, 4.69) is 5.43 Å². The smallest absolute Gasteiger partial charge is 0.303 e. The van der Waals surface area contributed by atoms with E-state index in [0.29, 0.717) is 0 Å². The van der Waals surface area contributed by atoms with E-state index in [1.165, 1.54) is 0 Å². The fraction of sp³-hybridized carbons (Fsp3) is 0.300. The Kier molecular flexibility index (Phi) is 3.48. The van der Waals surface area contributed by atoms with E-state index in [0.717, 1.165) is 11.3 Å². The molecule has 1 aromatic rings. The Balaban J connectivity index is 2.71. The number of hydrazine groups is 1. The van der Waals surface area contributed by atoms with Gasteiger partial charge in [-0.05, 0) is 23.6 Å². The molecular formula is C10H14N2O2. The normalized spacial score (nSPS) is 12.1. The number of carbonyl (C=O) groups is 1. The number of carboxylic acid groups (broad SMARTS) is 1. The Morgan fingerprint density at radius 3 is 2.50 bits per heavy atom. The van der Waals surface area contributed by atoms with Gasteiger partial charge in [0.25, 0.3) is 0 Å². The Bertz CT molecular complexity index is 308. The van der Waals surface area contributed by atoms with Crippen molar-refractivity contribution in [3.8, 4) is 0 Å². The van der Waals surface area contributed by atoms with Gasteiger partial charge in [-0.2, -0.15) is 0 Å². The van der Waals surface area contributed by atoms with Gasteiger partial charge in [-0.3, -0.25) is 10.6 Å². The van der Waals surface area contributed by atoms with Gasteiger partial charge in [0.05, 0.1) is 6.42 Å². The first-order chi connectivity index (χ1) is 6.63. The van der Waals surface area contributed by atoms with Crippen LogP contribution in [0.1, 0.15) is 24.8 Å². The summed E-state index contributed by atoms with van der Waals surface area (Å²) in [6.45, 7) is 1.89. The van der Waals surface area contributed by atoms with Crippen LogP contribution in [0.25, 0.3) is 0 Å². The first-order valence-corrected chi connectivity index (χ1v) is 4.42. The molecule has 0 aromatic heterocycles. The van der Waals surface area contributed by atoms with E-state index in [-0.39, 0.29) is 12.3 Å². The van der Waals surface area contributed by atoms with Gasteiger partial charge in [0.15, 0.2) is 0 Å². The minimum atomic E-state index is -0.779. The van der Waals surface area contributed by atoms with Gasteiger partial charge in [-0.15, -0.1) is 0 Å². The van der Waals surface area contributed by atoms with Crippen molar-refractivity contribution in [2.45, 2.75) is 19.3 Å². The van der Waals surface area contributed by atoms with Crippen LogP contribution in [-0.4, -0.2) is 11.1 Å². The minimum Gasteiger partial charge on any atom is -0.481 e. The van der Waals surface area contributed by atoms with E-state index in [1.807, 2.05) is 31.2 Å². The second-order valence-electron chi connectivity index (χ2n) is 3.27. The first-order valence-electron chi connectivity index (χ1n) is 4.42. The van der Waals surface area contributed by atoms with E-state index in [4.69, 9.17) is 10.9 Å². The molecule has 4 heteroatoms. The van der Waals surface area contributed by atoms with Crippen LogP contribution >= 0.6 is 0 Å². The van der Waals surface area contributed by atoms with Crippen LogP contribution in [0.4, 0.5) is 5.69 Å². The van der Waals surface area contributed by atoms with Gasteiger partial charge in [0, 0.05) is 5.69 Å². The van der Waals surface area contributed by atoms with Crippen LogP contribution < -0.4 is 11.3 Å². The lowest BCUT2D eigenvalue weighted by molar-refractivity contribution is -0.137. The van der Waals surface area contributed by atoms with Crippen molar-refractivity contribution in [1.29, 1.82) is 0 Å². The summed E-state index contributed by atoms with van der Waals surface area (Å²) in [5, 5.41) is 8.61. The standard InChI is InChI=1S/C10H14N2O2/c1-7(6-10(13)14)8-2-4-9(12-11)5-3-8/h2-5,7,12H,6,11H2,1H3,(H,13,14). The van der Waals surface area contributed by atoms with Crippen molar-refractivity contribution in [2.75, 3.05) is 5.43 Å². The number of aliphatic carboxylic acids is 1. The Morgan fingerprint density at radius 1 is 1.50 bits per heavy atom. The summed E-state index contributed by atoms with van der Waals surface area (Å²) in [5.74, 6) is 4.46. The highest BCUT2D eigenvalue weighted by Gasteiger charge is 2.09. The van der Waals surface area contributed by atoms with Crippen LogP contribution in [0.2, 0.25) is 0 Å². The van der Waals surface area contributed by atoms with Gasteiger partial charge in [-0.1, -0.05) is 19.1 Å². The molecular weight excluding hydrogens is 180 g/mol. The zero-order valence-corrected chi connectivity index (χ0v) is 8.03. The summed E-state index contributed by atoms with van der Waals surface area (Å²) in [5.41, 5.74) is 4.34. The monoisotopic (exact) mass is 194 g/mol. The SMILES string of the molecule is CC(CC(=O)O)c1ccc(NN)cc1. The molecule has 0 saturated carbocycles. The van der Waals surface area contributed by atoms with Crippen molar-refractivity contribution < 1.29 is 9.90 Å². The third kappa shape index (κ3) is 2.74. The summed E-state index contributed by atoms with van der Waals surface area (Å²) in [6, 6.07) is 7.41. The molecule has 14 heavy (non-hydrogen) atoms. The van der Waals surface area contributed by atoms with E-state index < -0.39 is 5.97 Å². The third-order valence-electron chi connectivity index (χ3n) is 2.13. The molecule has 4 N–H and O–H groups in total. The topological polar surface area (TPSA) is 75.3 Å². The molecule has 0 bridgehead atoms. The maximum atomic E-state index is 10.5. The molecule has 0 spiro atoms. The highest BCUT2D eigenvalue weighted by atomic mass is 16.4.